The summed E-state index contributed by atoms with van der Waals surface area (Å²) in [5.41, 5.74) is 1.72. The average molecular weight is 252 g/mol. The lowest BCUT2D eigenvalue weighted by Gasteiger charge is -2.20. The maximum absolute atomic E-state index is 12.4. The zero-order valence-corrected chi connectivity index (χ0v) is 11.3. The first-order chi connectivity index (χ1) is 8.43. The molecule has 5 nitrogen and oxygen atoms in total. The summed E-state index contributed by atoms with van der Waals surface area (Å²) in [6, 6.07) is 0. The van der Waals surface area contributed by atoms with E-state index >= 15 is 0 Å². The Labute approximate surface area is 107 Å². The predicted octanol–water partition coefficient (Wildman–Crippen LogP) is 2.20. The van der Waals surface area contributed by atoms with E-state index in [9.17, 15) is 9.59 Å². The molecule has 0 saturated carbocycles. The van der Waals surface area contributed by atoms with Crippen LogP contribution in [0, 0.1) is 13.8 Å². The maximum Gasteiger partial charge on any atom is 0.352 e. The van der Waals surface area contributed by atoms with E-state index in [-0.39, 0.29) is 11.6 Å². The highest BCUT2D eigenvalue weighted by Crippen LogP contribution is 2.20. The highest BCUT2D eigenvalue weighted by molar-refractivity contribution is 6.00. The summed E-state index contributed by atoms with van der Waals surface area (Å²) in [7, 11) is 0. The van der Waals surface area contributed by atoms with Gasteiger partial charge >= 0.3 is 5.97 Å². The van der Waals surface area contributed by atoms with E-state index in [0.717, 1.165) is 6.42 Å². The van der Waals surface area contributed by atoms with Crippen molar-refractivity contribution in [2.75, 3.05) is 13.1 Å². The van der Waals surface area contributed by atoms with E-state index in [1.807, 2.05) is 13.8 Å². The molecule has 100 valence electrons. The molecule has 1 rings (SSSR count). The lowest BCUT2D eigenvalue weighted by Crippen LogP contribution is -2.32. The first kappa shape index (κ1) is 14.3. The molecule has 0 bridgehead atoms. The van der Waals surface area contributed by atoms with Gasteiger partial charge in [0, 0.05) is 18.8 Å². The number of carbonyl (C=O) groups is 2. The van der Waals surface area contributed by atoms with Crippen molar-refractivity contribution in [2.24, 2.45) is 0 Å². The molecular weight excluding hydrogens is 232 g/mol. The minimum atomic E-state index is -1.03. The van der Waals surface area contributed by atoms with Crippen LogP contribution in [0.15, 0.2) is 0 Å². The van der Waals surface area contributed by atoms with Gasteiger partial charge in [0.1, 0.15) is 5.69 Å². The minimum absolute atomic E-state index is 0.0990. The number of carbonyl (C=O) groups excluding carboxylic acids is 1. The van der Waals surface area contributed by atoms with Crippen LogP contribution in [-0.4, -0.2) is 40.0 Å². The number of rotatable bonds is 5. The van der Waals surface area contributed by atoms with E-state index < -0.39 is 5.97 Å². The third-order valence-electron chi connectivity index (χ3n) is 3.03. The van der Waals surface area contributed by atoms with Gasteiger partial charge in [-0.3, -0.25) is 4.79 Å². The number of aromatic carboxylic acids is 1. The maximum atomic E-state index is 12.4. The second-order valence-corrected chi connectivity index (χ2v) is 4.31. The number of amides is 1. The normalized spacial score (nSPS) is 10.4. The van der Waals surface area contributed by atoms with Gasteiger partial charge < -0.3 is 15.0 Å². The number of aromatic amines is 1. The van der Waals surface area contributed by atoms with Crippen molar-refractivity contribution in [2.45, 2.75) is 34.1 Å². The standard InChI is InChI=1S/C13H20N2O3/c1-5-7-15(6-2)12(16)10-8(3)11(13(17)18)14-9(10)4/h14H,5-7H2,1-4H3,(H,17,18). The van der Waals surface area contributed by atoms with E-state index in [0.29, 0.717) is 29.9 Å². The summed E-state index contributed by atoms with van der Waals surface area (Å²) in [5, 5.41) is 9.03. The Bertz CT molecular complexity index is 463. The number of carboxylic acids is 1. The third kappa shape index (κ3) is 2.55. The van der Waals surface area contributed by atoms with Gasteiger partial charge in [-0.2, -0.15) is 0 Å². The van der Waals surface area contributed by atoms with Crippen LogP contribution >= 0.6 is 0 Å². The number of carboxylic acid groups (broad SMARTS) is 1. The molecule has 1 aromatic rings. The van der Waals surface area contributed by atoms with Gasteiger partial charge in [0.15, 0.2) is 0 Å². The lowest BCUT2D eigenvalue weighted by molar-refractivity contribution is 0.0690. The zero-order valence-electron chi connectivity index (χ0n) is 11.3. The van der Waals surface area contributed by atoms with Crippen molar-refractivity contribution >= 4 is 11.9 Å². The fraction of sp³-hybridized carbons (Fsp3) is 0.538. The summed E-state index contributed by atoms with van der Waals surface area (Å²) in [5.74, 6) is -1.13. The number of aryl methyl sites for hydroxylation is 1. The topological polar surface area (TPSA) is 73.4 Å². The molecule has 0 aliphatic rings. The third-order valence-corrected chi connectivity index (χ3v) is 3.03. The molecule has 0 aromatic carbocycles. The Morgan fingerprint density at radius 1 is 1.28 bits per heavy atom. The number of hydrogen-bond acceptors (Lipinski definition) is 2. The largest absolute Gasteiger partial charge is 0.477 e. The van der Waals surface area contributed by atoms with Crippen LogP contribution in [0.1, 0.15) is 52.4 Å². The van der Waals surface area contributed by atoms with Gasteiger partial charge in [-0.1, -0.05) is 6.92 Å². The van der Waals surface area contributed by atoms with E-state index in [1.165, 1.54) is 0 Å². The van der Waals surface area contributed by atoms with Crippen LogP contribution in [0.25, 0.3) is 0 Å². The Morgan fingerprint density at radius 3 is 2.28 bits per heavy atom. The van der Waals surface area contributed by atoms with Gasteiger partial charge in [-0.25, -0.2) is 4.79 Å². The second kappa shape index (κ2) is 5.71. The molecule has 0 saturated heterocycles. The van der Waals surface area contributed by atoms with Crippen LogP contribution < -0.4 is 0 Å². The van der Waals surface area contributed by atoms with Gasteiger partial charge in [0.05, 0.1) is 5.56 Å². The molecule has 0 aliphatic heterocycles. The molecule has 0 aliphatic carbocycles. The smallest absolute Gasteiger partial charge is 0.352 e. The van der Waals surface area contributed by atoms with Crippen molar-refractivity contribution < 1.29 is 14.7 Å². The van der Waals surface area contributed by atoms with Gasteiger partial charge in [0.2, 0.25) is 0 Å². The average Bonchev–Trinajstić information content (AvgIpc) is 2.61. The summed E-state index contributed by atoms with van der Waals surface area (Å²) in [6.07, 6.45) is 0.883. The Balaban J connectivity index is 3.16. The molecule has 0 spiro atoms. The quantitative estimate of drug-likeness (QED) is 0.843. The number of aromatic nitrogens is 1. The molecule has 0 radical (unpaired) electrons. The van der Waals surface area contributed by atoms with E-state index in [1.54, 1.807) is 18.7 Å². The molecule has 0 atom stereocenters. The highest BCUT2D eigenvalue weighted by Gasteiger charge is 2.24. The molecule has 0 unspecified atom stereocenters. The molecular formula is C13H20N2O3. The van der Waals surface area contributed by atoms with Gasteiger partial charge in [0.25, 0.3) is 5.91 Å². The summed E-state index contributed by atoms with van der Waals surface area (Å²) in [4.78, 5) is 27.9. The van der Waals surface area contributed by atoms with Crippen LogP contribution in [0.5, 0.6) is 0 Å². The monoisotopic (exact) mass is 252 g/mol. The summed E-state index contributed by atoms with van der Waals surface area (Å²) >= 11 is 0. The van der Waals surface area contributed by atoms with Crippen LogP contribution in [0.3, 0.4) is 0 Å². The van der Waals surface area contributed by atoms with E-state index in [4.69, 9.17) is 5.11 Å². The van der Waals surface area contributed by atoms with Crippen molar-refractivity contribution in [3.63, 3.8) is 0 Å². The summed E-state index contributed by atoms with van der Waals surface area (Å²) < 4.78 is 0. The lowest BCUT2D eigenvalue weighted by atomic mass is 10.1. The minimum Gasteiger partial charge on any atom is -0.477 e. The molecule has 18 heavy (non-hydrogen) atoms. The first-order valence-electron chi connectivity index (χ1n) is 6.15. The molecule has 1 heterocycles. The van der Waals surface area contributed by atoms with Crippen LogP contribution in [0.4, 0.5) is 0 Å². The van der Waals surface area contributed by atoms with Crippen molar-refractivity contribution in [1.29, 1.82) is 0 Å². The Hall–Kier alpha value is -1.78. The SMILES string of the molecule is CCCN(CC)C(=O)c1c(C)[nH]c(C(=O)O)c1C. The molecule has 5 heteroatoms. The number of nitrogens with one attached hydrogen (secondary N) is 1. The molecule has 1 amide bonds. The Kier molecular flexibility index (Phi) is 4.53. The Morgan fingerprint density at radius 2 is 1.89 bits per heavy atom. The van der Waals surface area contributed by atoms with E-state index in [2.05, 4.69) is 4.98 Å². The number of nitrogens with zero attached hydrogens (tertiary/aromatic N) is 1. The van der Waals surface area contributed by atoms with Crippen molar-refractivity contribution in [3.8, 4) is 0 Å². The van der Waals surface area contributed by atoms with Crippen molar-refractivity contribution in [3.05, 3.63) is 22.5 Å². The van der Waals surface area contributed by atoms with Gasteiger partial charge in [-0.05, 0) is 32.8 Å². The van der Waals surface area contributed by atoms with Crippen LogP contribution in [-0.2, 0) is 0 Å². The first-order valence-corrected chi connectivity index (χ1v) is 6.15. The van der Waals surface area contributed by atoms with Crippen LogP contribution in [0.2, 0.25) is 0 Å². The molecule has 0 fully saturated rings. The molecule has 2 N–H and O–H groups in total. The highest BCUT2D eigenvalue weighted by atomic mass is 16.4. The predicted molar refractivity (Wildman–Crippen MR) is 69.1 cm³/mol. The van der Waals surface area contributed by atoms with Crippen molar-refractivity contribution in [1.82, 2.24) is 9.88 Å². The second-order valence-electron chi connectivity index (χ2n) is 4.31. The summed E-state index contributed by atoms with van der Waals surface area (Å²) in [6.45, 7) is 8.63. The number of hydrogen-bond donors (Lipinski definition) is 2. The molecule has 1 aromatic heterocycles. The zero-order chi connectivity index (χ0) is 13.9. The van der Waals surface area contributed by atoms with Gasteiger partial charge in [-0.15, -0.1) is 0 Å². The fourth-order valence-electron chi connectivity index (χ4n) is 2.12. The fourth-order valence-corrected chi connectivity index (χ4v) is 2.12. The number of H-pyrrole nitrogens is 1.